The molecule has 1 saturated heterocycles. The number of thiol groups is 1. The van der Waals surface area contributed by atoms with E-state index in [1.807, 2.05) is 30.3 Å². The van der Waals surface area contributed by atoms with Crippen LogP contribution in [0.3, 0.4) is 0 Å². The number of rotatable bonds is 2. The van der Waals surface area contributed by atoms with Crippen molar-refractivity contribution in [3.05, 3.63) is 35.9 Å². The molecule has 74 valence electrons. The molecule has 14 heavy (non-hydrogen) atoms. The minimum absolute atomic E-state index is 0.0620. The molecule has 0 saturated carbocycles. The molecule has 1 fully saturated rings. The summed E-state index contributed by atoms with van der Waals surface area (Å²) in [6.07, 6.45) is 0. The third-order valence-electron chi connectivity index (χ3n) is 2.36. The predicted octanol–water partition coefficient (Wildman–Crippen LogP) is 1.43. The lowest BCUT2D eigenvalue weighted by molar-refractivity contribution is -0.140. The largest absolute Gasteiger partial charge is 0.468 e. The molecule has 0 N–H and O–H groups in total. The summed E-state index contributed by atoms with van der Waals surface area (Å²) in [5, 5.41) is 0. The first-order chi connectivity index (χ1) is 6.75. The van der Waals surface area contributed by atoms with E-state index in [2.05, 4.69) is 17.6 Å². The highest BCUT2D eigenvalue weighted by Crippen LogP contribution is 2.45. The highest BCUT2D eigenvalue weighted by molar-refractivity contribution is 7.78. The van der Waals surface area contributed by atoms with Crippen LogP contribution in [0.2, 0.25) is 0 Å². The molecule has 0 aliphatic carbocycles. The van der Waals surface area contributed by atoms with Crippen LogP contribution in [0.4, 0.5) is 0 Å². The molecule has 0 aromatic heterocycles. The van der Waals surface area contributed by atoms with Gasteiger partial charge < -0.3 is 4.74 Å². The van der Waals surface area contributed by atoms with Crippen LogP contribution in [0, 0.1) is 0 Å². The van der Waals surface area contributed by atoms with E-state index in [-0.39, 0.29) is 18.1 Å². The fourth-order valence-electron chi connectivity index (χ4n) is 1.56. The molecule has 4 heteroatoms. The number of methoxy groups -OCH3 is 1. The summed E-state index contributed by atoms with van der Waals surface area (Å²) in [6, 6.07) is 9.64. The lowest BCUT2D eigenvalue weighted by Crippen LogP contribution is -2.11. The molecule has 0 amide bonds. The first-order valence-corrected chi connectivity index (χ1v) is 4.75. The van der Waals surface area contributed by atoms with Crippen LogP contribution in [0.1, 0.15) is 11.6 Å². The second-order valence-corrected chi connectivity index (χ2v) is 3.67. The Labute approximate surface area is 88.2 Å². The monoisotopic (exact) mass is 209 g/mol. The molecule has 1 aliphatic heterocycles. The SMILES string of the molecule is COC(=O)C1C(c2ccccc2)N1S. The van der Waals surface area contributed by atoms with Gasteiger partial charge in [0.1, 0.15) is 6.04 Å². The van der Waals surface area contributed by atoms with E-state index < -0.39 is 0 Å². The van der Waals surface area contributed by atoms with Gasteiger partial charge in [-0.2, -0.15) is 0 Å². The van der Waals surface area contributed by atoms with Gasteiger partial charge in [0.05, 0.1) is 13.2 Å². The van der Waals surface area contributed by atoms with E-state index >= 15 is 0 Å². The van der Waals surface area contributed by atoms with Crippen molar-refractivity contribution in [2.45, 2.75) is 12.1 Å². The zero-order valence-corrected chi connectivity index (χ0v) is 8.65. The Bertz CT molecular complexity index is 341. The third kappa shape index (κ3) is 1.51. The zero-order valence-electron chi connectivity index (χ0n) is 7.75. The molecule has 1 aromatic carbocycles. The topological polar surface area (TPSA) is 29.3 Å². The van der Waals surface area contributed by atoms with Gasteiger partial charge in [-0.25, -0.2) is 4.31 Å². The maximum absolute atomic E-state index is 11.3. The average Bonchev–Trinajstić information content (AvgIpc) is 2.90. The number of benzene rings is 1. The van der Waals surface area contributed by atoms with E-state index in [0.29, 0.717) is 0 Å². The molecule has 0 radical (unpaired) electrons. The van der Waals surface area contributed by atoms with Gasteiger partial charge in [-0.15, -0.1) is 0 Å². The standard InChI is InChI=1S/C10H11NO2S/c1-13-10(12)9-8(11(9)14)7-5-3-2-4-6-7/h2-6,8-9,14H,1H3. The van der Waals surface area contributed by atoms with E-state index in [4.69, 9.17) is 0 Å². The van der Waals surface area contributed by atoms with E-state index in [1.165, 1.54) is 7.11 Å². The molecule has 1 aliphatic rings. The highest BCUT2D eigenvalue weighted by atomic mass is 32.1. The summed E-state index contributed by atoms with van der Waals surface area (Å²) in [6.45, 7) is 0. The number of hydrogen-bond donors (Lipinski definition) is 1. The van der Waals surface area contributed by atoms with E-state index in [9.17, 15) is 4.79 Å². The number of carbonyl (C=O) groups excluding carboxylic acids is 1. The Balaban J connectivity index is 2.13. The first-order valence-electron chi connectivity index (χ1n) is 4.35. The second-order valence-electron chi connectivity index (χ2n) is 3.20. The summed E-state index contributed by atoms with van der Waals surface area (Å²) in [5.41, 5.74) is 1.10. The van der Waals surface area contributed by atoms with Crippen LogP contribution >= 0.6 is 12.8 Å². The smallest absolute Gasteiger partial charge is 0.326 e. The molecule has 3 unspecified atom stereocenters. The molecule has 3 atom stereocenters. The van der Waals surface area contributed by atoms with Crippen molar-refractivity contribution in [3.63, 3.8) is 0 Å². The normalized spacial score (nSPS) is 29.7. The van der Waals surface area contributed by atoms with E-state index in [1.54, 1.807) is 4.31 Å². The minimum Gasteiger partial charge on any atom is -0.468 e. The minimum atomic E-state index is -0.231. The average molecular weight is 209 g/mol. The number of ether oxygens (including phenoxy) is 1. The summed E-state index contributed by atoms with van der Waals surface area (Å²) < 4.78 is 6.36. The van der Waals surface area contributed by atoms with Crippen molar-refractivity contribution in [2.75, 3.05) is 7.11 Å². The quantitative estimate of drug-likeness (QED) is 0.454. The molecule has 2 rings (SSSR count). The number of carbonyl (C=O) groups is 1. The van der Waals surface area contributed by atoms with Gasteiger partial charge in [-0.1, -0.05) is 43.1 Å². The highest BCUT2D eigenvalue weighted by Gasteiger charge is 2.52. The Hall–Kier alpha value is -1.00. The summed E-state index contributed by atoms with van der Waals surface area (Å²) in [7, 11) is 1.39. The summed E-state index contributed by atoms with van der Waals surface area (Å²) in [5.74, 6) is -0.228. The van der Waals surface area contributed by atoms with Crippen LogP contribution in [0.15, 0.2) is 30.3 Å². The van der Waals surface area contributed by atoms with Crippen LogP contribution in [-0.2, 0) is 9.53 Å². The van der Waals surface area contributed by atoms with Gasteiger partial charge in [0.15, 0.2) is 0 Å². The summed E-state index contributed by atoms with van der Waals surface area (Å²) in [4.78, 5) is 11.3. The fraction of sp³-hybridized carbons (Fsp3) is 0.300. The van der Waals surface area contributed by atoms with Crippen molar-refractivity contribution in [1.82, 2.24) is 4.31 Å². The maximum Gasteiger partial charge on any atom is 0.326 e. The number of nitrogens with zero attached hydrogens (tertiary/aromatic N) is 1. The number of esters is 1. The van der Waals surface area contributed by atoms with Crippen molar-refractivity contribution in [2.24, 2.45) is 0 Å². The molecule has 3 nitrogen and oxygen atoms in total. The molecule has 0 spiro atoms. The molecular weight excluding hydrogens is 198 g/mol. The fourth-order valence-corrected chi connectivity index (χ4v) is 1.98. The van der Waals surface area contributed by atoms with Crippen molar-refractivity contribution in [3.8, 4) is 0 Å². The van der Waals surface area contributed by atoms with Gasteiger partial charge in [0.25, 0.3) is 0 Å². The van der Waals surface area contributed by atoms with Crippen LogP contribution in [0.5, 0.6) is 0 Å². The van der Waals surface area contributed by atoms with Gasteiger partial charge in [0.2, 0.25) is 0 Å². The van der Waals surface area contributed by atoms with Gasteiger partial charge in [0, 0.05) is 0 Å². The lowest BCUT2D eigenvalue weighted by Gasteiger charge is -1.95. The van der Waals surface area contributed by atoms with Crippen LogP contribution < -0.4 is 0 Å². The number of hydrogen-bond acceptors (Lipinski definition) is 4. The van der Waals surface area contributed by atoms with Gasteiger partial charge in [-0.05, 0) is 5.56 Å². The van der Waals surface area contributed by atoms with Crippen molar-refractivity contribution >= 4 is 18.8 Å². The third-order valence-corrected chi connectivity index (χ3v) is 2.86. The molecule has 1 heterocycles. The molecular formula is C10H11NO2S. The Morgan fingerprint density at radius 1 is 1.43 bits per heavy atom. The first kappa shape index (κ1) is 9.55. The Morgan fingerprint density at radius 3 is 2.64 bits per heavy atom. The second kappa shape index (κ2) is 3.63. The molecule has 0 bridgehead atoms. The van der Waals surface area contributed by atoms with E-state index in [0.717, 1.165) is 5.56 Å². The van der Waals surface area contributed by atoms with Crippen LogP contribution in [-0.4, -0.2) is 23.4 Å². The predicted molar refractivity (Wildman–Crippen MR) is 55.8 cm³/mol. The maximum atomic E-state index is 11.3. The lowest BCUT2D eigenvalue weighted by atomic mass is 10.1. The molecule has 1 aromatic rings. The van der Waals surface area contributed by atoms with Crippen molar-refractivity contribution < 1.29 is 9.53 Å². The summed E-state index contributed by atoms with van der Waals surface area (Å²) >= 11 is 4.20. The Morgan fingerprint density at radius 2 is 2.07 bits per heavy atom. The Kier molecular flexibility index (Phi) is 2.48. The van der Waals surface area contributed by atoms with Gasteiger partial charge in [-0.3, -0.25) is 4.79 Å². The van der Waals surface area contributed by atoms with Gasteiger partial charge >= 0.3 is 5.97 Å². The zero-order chi connectivity index (χ0) is 10.1. The van der Waals surface area contributed by atoms with Crippen molar-refractivity contribution in [1.29, 1.82) is 0 Å². The van der Waals surface area contributed by atoms with Crippen LogP contribution in [0.25, 0.3) is 0 Å².